The molecule has 1 saturated heterocycles. The van der Waals surface area contributed by atoms with Gasteiger partial charge >= 0.3 is 25.7 Å². The Morgan fingerprint density at radius 2 is 1.69 bits per heavy atom. The van der Waals surface area contributed by atoms with Crippen LogP contribution in [0.1, 0.15) is 32.6 Å². The third kappa shape index (κ3) is 8.16. The van der Waals surface area contributed by atoms with E-state index in [0.29, 0.717) is 5.52 Å². The number of benzene rings is 1. The number of fused-ring (bicyclic) bond motifs is 1. The lowest BCUT2D eigenvalue weighted by molar-refractivity contribution is -0.180. The minimum absolute atomic E-state index is 0.0841. The van der Waals surface area contributed by atoms with Gasteiger partial charge in [0.2, 0.25) is 5.60 Å². The number of carbonyl (C=O) groups is 3. The fourth-order valence-corrected chi connectivity index (χ4v) is 6.25. The van der Waals surface area contributed by atoms with Gasteiger partial charge in [-0.1, -0.05) is 18.2 Å². The Morgan fingerprint density at radius 1 is 1.04 bits per heavy atom. The topological polar surface area (TPSA) is 234 Å². The van der Waals surface area contributed by atoms with Crippen LogP contribution in [0.15, 0.2) is 48.8 Å². The van der Waals surface area contributed by atoms with Crippen LogP contribution < -0.4 is 15.3 Å². The molecule has 18 nitrogen and oxygen atoms in total. The highest BCUT2D eigenvalue weighted by atomic mass is 31.2. The maximum atomic E-state index is 14.2. The predicted molar refractivity (Wildman–Crippen MR) is 168 cm³/mol. The highest BCUT2D eigenvalue weighted by Gasteiger charge is 2.62. The van der Waals surface area contributed by atoms with Gasteiger partial charge in [-0.15, -0.1) is 0 Å². The summed E-state index contributed by atoms with van der Waals surface area (Å²) in [6, 6.07) is 11.7. The van der Waals surface area contributed by atoms with Crippen molar-refractivity contribution in [1.29, 1.82) is 5.26 Å². The average Bonchev–Trinajstić information content (AvgIpc) is 3.66. The fourth-order valence-electron chi connectivity index (χ4n) is 4.73. The first-order valence-electron chi connectivity index (χ1n) is 14.8. The number of ether oxygens (including phenoxy) is 6. The summed E-state index contributed by atoms with van der Waals surface area (Å²) in [5, 5.41) is 17.5. The minimum Gasteiger partial charge on any atom is -0.468 e. The van der Waals surface area contributed by atoms with E-state index in [0.717, 1.165) is 7.11 Å². The van der Waals surface area contributed by atoms with Crippen molar-refractivity contribution in [3.63, 3.8) is 0 Å². The zero-order valence-electron chi connectivity index (χ0n) is 27.5. The molecule has 0 radical (unpaired) electrons. The van der Waals surface area contributed by atoms with Gasteiger partial charge in [0.05, 0.1) is 12.8 Å². The van der Waals surface area contributed by atoms with Crippen molar-refractivity contribution >= 4 is 37.0 Å². The van der Waals surface area contributed by atoms with Crippen molar-refractivity contribution in [1.82, 2.24) is 19.7 Å². The zero-order chi connectivity index (χ0) is 35.9. The Labute approximate surface area is 281 Å². The number of nitriles is 1. The summed E-state index contributed by atoms with van der Waals surface area (Å²) in [5.41, 5.74) is 4.26. The molecule has 264 valence electrons. The number of esters is 3. The minimum atomic E-state index is -4.57. The first-order chi connectivity index (χ1) is 23.3. The van der Waals surface area contributed by atoms with E-state index in [9.17, 15) is 24.2 Å². The van der Waals surface area contributed by atoms with Gasteiger partial charge in [-0.2, -0.15) is 15.4 Å². The lowest BCUT2D eigenvalue weighted by Gasteiger charge is -2.31. The third-order valence-corrected chi connectivity index (χ3v) is 9.20. The van der Waals surface area contributed by atoms with Gasteiger partial charge in [0.1, 0.15) is 42.4 Å². The second kappa shape index (κ2) is 15.7. The van der Waals surface area contributed by atoms with E-state index in [1.54, 1.807) is 30.3 Å². The van der Waals surface area contributed by atoms with Crippen LogP contribution in [-0.4, -0.2) is 96.5 Å². The number of methoxy groups -OCH3 is 3. The highest BCUT2D eigenvalue weighted by Crippen LogP contribution is 2.50. The Kier molecular flexibility index (Phi) is 11.9. The predicted octanol–water partition coefficient (Wildman–Crippen LogP) is 1.89. The van der Waals surface area contributed by atoms with Crippen LogP contribution in [0.3, 0.4) is 0 Å². The number of hydrogen-bond donors (Lipinski definition) is 2. The summed E-state index contributed by atoms with van der Waals surface area (Å²) in [5.74, 6) is -2.45. The molecule has 4 rings (SSSR count). The molecule has 19 heteroatoms. The van der Waals surface area contributed by atoms with Gasteiger partial charge in [-0.05, 0) is 45.0 Å². The monoisotopic (exact) mass is 704 g/mol. The van der Waals surface area contributed by atoms with Crippen LogP contribution in [0.5, 0.6) is 5.75 Å². The van der Waals surface area contributed by atoms with E-state index < -0.39 is 74.4 Å². The molecule has 49 heavy (non-hydrogen) atoms. The molecule has 3 N–H and O–H groups in total. The van der Waals surface area contributed by atoms with Crippen LogP contribution in [-0.2, 0) is 51.9 Å². The maximum absolute atomic E-state index is 14.2. The molecule has 1 aliphatic heterocycles. The second-order valence-corrected chi connectivity index (χ2v) is 12.5. The largest absolute Gasteiger partial charge is 0.468 e. The Morgan fingerprint density at radius 3 is 2.31 bits per heavy atom. The summed E-state index contributed by atoms with van der Waals surface area (Å²) >= 11 is 0. The quantitative estimate of drug-likeness (QED) is 0.131. The second-order valence-electron chi connectivity index (χ2n) is 10.8. The molecule has 8 atom stereocenters. The molecule has 0 bridgehead atoms. The van der Waals surface area contributed by atoms with Gasteiger partial charge < -0.3 is 38.7 Å². The number of nitrogens with one attached hydrogen (secondary N) is 1. The summed E-state index contributed by atoms with van der Waals surface area (Å²) in [4.78, 5) is 42.6. The molecule has 0 spiro atoms. The Bertz CT molecular complexity index is 1730. The number of aromatic nitrogens is 3. The fraction of sp³-hybridized carbons (Fsp3) is 0.467. The van der Waals surface area contributed by atoms with Gasteiger partial charge in [-0.3, -0.25) is 9.32 Å². The molecule has 1 fully saturated rings. The summed E-state index contributed by atoms with van der Waals surface area (Å²) in [7, 11) is -0.884. The molecule has 1 aliphatic rings. The third-order valence-electron chi connectivity index (χ3n) is 7.58. The summed E-state index contributed by atoms with van der Waals surface area (Å²) < 4.78 is 60.0. The molecule has 3 aromatic rings. The van der Waals surface area contributed by atoms with Crippen LogP contribution in [0.4, 0.5) is 5.82 Å². The zero-order valence-corrected chi connectivity index (χ0v) is 28.4. The molecule has 0 saturated carbocycles. The van der Waals surface area contributed by atoms with Gasteiger partial charge in [0, 0.05) is 14.2 Å². The van der Waals surface area contributed by atoms with Crippen molar-refractivity contribution in [3.05, 3.63) is 54.5 Å². The molecule has 0 amide bonds. The van der Waals surface area contributed by atoms with E-state index in [1.165, 1.54) is 58.0 Å². The number of nitrogen functional groups attached to an aromatic ring is 1. The van der Waals surface area contributed by atoms with Crippen LogP contribution in [0.25, 0.3) is 5.52 Å². The number of nitrogens with two attached hydrogens (primary N) is 1. The van der Waals surface area contributed by atoms with Crippen molar-refractivity contribution in [2.24, 2.45) is 0 Å². The smallest absolute Gasteiger partial charge is 0.459 e. The van der Waals surface area contributed by atoms with Crippen molar-refractivity contribution in [2.75, 3.05) is 33.7 Å². The standard InChI is InChI=1S/C30H37N6O12P/c1-17(27(37)43-6)35-49(40,48-20-10-8-7-9-11-20)44-15-30(14-31)25(46-29(39)19(3)42-5)24(45-28(38)18(2)41-4)23(47-30)21-12-13-22-26(32)33-16-34-36(21)22/h7-13,16-19,23-25H,15H2,1-6H3,(H,35,40)(H2,32,33,34)/t17-,18+,19+,23-,24-,25-,30+,49-/m0/s1. The lowest BCUT2D eigenvalue weighted by atomic mass is 9.95. The van der Waals surface area contributed by atoms with Gasteiger partial charge in [0.15, 0.2) is 30.2 Å². The lowest BCUT2D eigenvalue weighted by Crippen LogP contribution is -2.51. The molecule has 2 aromatic heterocycles. The van der Waals surface area contributed by atoms with Crippen LogP contribution in [0.2, 0.25) is 0 Å². The normalized spacial score (nSPS) is 23.4. The average molecular weight is 705 g/mol. The number of para-hydroxylation sites is 1. The van der Waals surface area contributed by atoms with Crippen molar-refractivity contribution < 1.29 is 56.4 Å². The number of anilines is 1. The van der Waals surface area contributed by atoms with Crippen LogP contribution in [0, 0.1) is 11.3 Å². The number of nitrogens with zero attached hydrogens (tertiary/aromatic N) is 4. The van der Waals surface area contributed by atoms with Crippen LogP contribution >= 0.6 is 7.75 Å². The molecule has 0 unspecified atom stereocenters. The SMILES string of the molecule is COC(=O)[C@H](C)N[P@](=O)(OC[C@@]1(C#N)O[C@@H](c2ccc3c(N)ncnn23)[C@H](OC(=O)[C@@H](C)OC)[C@@H]1OC(=O)[C@@H](C)OC)Oc1ccccc1. The first-order valence-corrected chi connectivity index (χ1v) is 16.3. The summed E-state index contributed by atoms with van der Waals surface area (Å²) in [6.07, 6.45) is -5.71. The van der Waals surface area contributed by atoms with E-state index in [-0.39, 0.29) is 17.3 Å². The number of hydrogen-bond acceptors (Lipinski definition) is 16. The molecular formula is C30H37N6O12P. The van der Waals surface area contributed by atoms with E-state index in [2.05, 4.69) is 15.2 Å². The van der Waals surface area contributed by atoms with E-state index in [4.69, 9.17) is 43.2 Å². The Hall–Kier alpha value is -4.63. The maximum Gasteiger partial charge on any atom is 0.459 e. The molecule has 0 aliphatic carbocycles. The number of rotatable bonds is 15. The molecular weight excluding hydrogens is 667 g/mol. The van der Waals surface area contributed by atoms with Crippen molar-refractivity contribution in [2.45, 2.75) is 62.9 Å². The van der Waals surface area contributed by atoms with Crippen molar-refractivity contribution in [3.8, 4) is 11.8 Å². The first kappa shape index (κ1) is 37.2. The highest BCUT2D eigenvalue weighted by molar-refractivity contribution is 7.52. The molecule has 3 heterocycles. The van der Waals surface area contributed by atoms with E-state index >= 15 is 0 Å². The van der Waals surface area contributed by atoms with Gasteiger partial charge in [-0.25, -0.2) is 23.7 Å². The number of carbonyl (C=O) groups excluding carboxylic acids is 3. The van der Waals surface area contributed by atoms with Gasteiger partial charge in [0.25, 0.3) is 0 Å². The molecule has 1 aromatic carbocycles. The Balaban J connectivity index is 1.83. The van der Waals surface area contributed by atoms with E-state index in [1.807, 2.05) is 6.07 Å². The summed E-state index contributed by atoms with van der Waals surface area (Å²) in [6.45, 7) is 3.26.